The largest absolute Gasteiger partial charge is 0.487 e. The molecule has 1 aliphatic rings. The van der Waals surface area contributed by atoms with Crippen LogP contribution in [0.5, 0.6) is 5.75 Å². The minimum absolute atomic E-state index is 0.0796. The highest BCUT2D eigenvalue weighted by atomic mass is 79.9. The number of hydrogen-bond donors (Lipinski definition) is 0. The van der Waals surface area contributed by atoms with E-state index in [4.69, 9.17) is 16.3 Å². The maximum absolute atomic E-state index is 6.29. The topological polar surface area (TPSA) is 9.23 Å². The fourth-order valence-electron chi connectivity index (χ4n) is 2.14. The molecular formula is C13H15Br2ClO. The molecule has 0 heterocycles. The van der Waals surface area contributed by atoms with Gasteiger partial charge in [-0.1, -0.05) is 19.9 Å². The number of rotatable bonds is 3. The first-order chi connectivity index (χ1) is 7.99. The van der Waals surface area contributed by atoms with Crippen LogP contribution in [-0.4, -0.2) is 11.5 Å². The van der Waals surface area contributed by atoms with Gasteiger partial charge in [-0.2, -0.15) is 0 Å². The molecule has 0 aromatic heterocycles. The Bertz CT molecular complexity index is 404. The molecular weight excluding hydrogens is 367 g/mol. The van der Waals surface area contributed by atoms with Crippen molar-refractivity contribution in [2.24, 2.45) is 5.41 Å². The Morgan fingerprint density at radius 3 is 2.47 bits per heavy atom. The molecule has 0 bridgehead atoms. The fraction of sp³-hybridized carbons (Fsp3) is 0.538. The molecule has 0 radical (unpaired) electrons. The lowest BCUT2D eigenvalue weighted by atomic mass is 9.65. The molecule has 0 spiro atoms. The molecule has 0 N–H and O–H groups in total. The molecule has 0 saturated heterocycles. The maximum atomic E-state index is 6.29. The molecule has 17 heavy (non-hydrogen) atoms. The second kappa shape index (κ2) is 5.10. The van der Waals surface area contributed by atoms with Gasteiger partial charge >= 0.3 is 0 Å². The lowest BCUT2D eigenvalue weighted by Crippen LogP contribution is -2.55. The Balaban J connectivity index is 2.18. The van der Waals surface area contributed by atoms with Crippen molar-refractivity contribution in [1.29, 1.82) is 0 Å². The zero-order valence-corrected chi connectivity index (χ0v) is 13.8. The summed E-state index contributed by atoms with van der Waals surface area (Å²) in [5.41, 5.74) is 0.0796. The highest BCUT2D eigenvalue weighted by molar-refractivity contribution is 9.11. The molecule has 1 nitrogen and oxygen atoms in total. The van der Waals surface area contributed by atoms with Crippen molar-refractivity contribution in [1.82, 2.24) is 0 Å². The Kier molecular flexibility index (Phi) is 4.11. The van der Waals surface area contributed by atoms with E-state index in [0.29, 0.717) is 0 Å². The lowest BCUT2D eigenvalue weighted by Gasteiger charge is -2.50. The molecule has 2 rings (SSSR count). The first-order valence-corrected chi connectivity index (χ1v) is 7.76. The quantitative estimate of drug-likeness (QED) is 0.637. The van der Waals surface area contributed by atoms with E-state index in [-0.39, 0.29) is 16.9 Å². The monoisotopic (exact) mass is 380 g/mol. The summed E-state index contributed by atoms with van der Waals surface area (Å²) in [7, 11) is 0. The second-order valence-electron chi connectivity index (χ2n) is 4.72. The molecule has 4 heteroatoms. The molecule has 1 aliphatic carbocycles. The molecule has 94 valence electrons. The van der Waals surface area contributed by atoms with Crippen LogP contribution < -0.4 is 4.74 Å². The summed E-state index contributed by atoms with van der Waals surface area (Å²) in [4.78, 5) is 0. The van der Waals surface area contributed by atoms with E-state index in [1.54, 1.807) is 0 Å². The maximum Gasteiger partial charge on any atom is 0.148 e. The molecule has 1 aromatic rings. The van der Waals surface area contributed by atoms with Crippen molar-refractivity contribution in [2.45, 2.75) is 38.2 Å². The SMILES string of the molecule is CCC1(C)C(Cl)CC1Oc1c(Br)cccc1Br. The fourth-order valence-corrected chi connectivity index (χ4v) is 3.78. The van der Waals surface area contributed by atoms with Crippen LogP contribution in [-0.2, 0) is 0 Å². The van der Waals surface area contributed by atoms with E-state index in [1.165, 1.54) is 0 Å². The third-order valence-electron chi connectivity index (χ3n) is 3.81. The molecule has 1 saturated carbocycles. The van der Waals surface area contributed by atoms with Gasteiger partial charge in [-0.05, 0) is 50.4 Å². The third kappa shape index (κ3) is 2.39. The van der Waals surface area contributed by atoms with Gasteiger partial charge in [-0.25, -0.2) is 0 Å². The van der Waals surface area contributed by atoms with Crippen LogP contribution in [0.15, 0.2) is 27.1 Å². The van der Waals surface area contributed by atoms with Gasteiger partial charge in [0.2, 0.25) is 0 Å². The van der Waals surface area contributed by atoms with Crippen LogP contribution >= 0.6 is 43.5 Å². The van der Waals surface area contributed by atoms with Crippen LogP contribution in [0.4, 0.5) is 0 Å². The molecule has 1 aromatic carbocycles. The molecule has 0 amide bonds. The van der Waals surface area contributed by atoms with Crippen molar-refractivity contribution in [3.8, 4) is 5.75 Å². The van der Waals surface area contributed by atoms with E-state index in [0.717, 1.165) is 27.5 Å². The van der Waals surface area contributed by atoms with Gasteiger partial charge in [0, 0.05) is 17.2 Å². The van der Waals surface area contributed by atoms with E-state index in [1.807, 2.05) is 18.2 Å². The normalized spacial score (nSPS) is 32.1. The number of ether oxygens (including phenoxy) is 1. The summed E-state index contributed by atoms with van der Waals surface area (Å²) >= 11 is 13.3. The third-order valence-corrected chi connectivity index (χ3v) is 5.74. The highest BCUT2D eigenvalue weighted by Crippen LogP contribution is 2.50. The summed E-state index contributed by atoms with van der Waals surface area (Å²) in [6, 6.07) is 5.95. The Morgan fingerprint density at radius 1 is 1.41 bits per heavy atom. The van der Waals surface area contributed by atoms with Crippen LogP contribution in [0.2, 0.25) is 0 Å². The van der Waals surface area contributed by atoms with E-state index < -0.39 is 0 Å². The first kappa shape index (κ1) is 13.7. The number of alkyl halides is 1. The van der Waals surface area contributed by atoms with Crippen molar-refractivity contribution in [3.63, 3.8) is 0 Å². The van der Waals surface area contributed by atoms with Crippen LogP contribution in [0.1, 0.15) is 26.7 Å². The van der Waals surface area contributed by atoms with Gasteiger partial charge in [0.15, 0.2) is 0 Å². The smallest absolute Gasteiger partial charge is 0.148 e. The van der Waals surface area contributed by atoms with E-state index in [9.17, 15) is 0 Å². The standard InChI is InChI=1S/C13H15Br2ClO/c1-3-13(2)10(16)7-11(13)17-12-8(14)5-4-6-9(12)15/h4-6,10-11H,3,7H2,1-2H3. The predicted octanol–water partition coefficient (Wildman–Crippen LogP) is 5.39. The average Bonchev–Trinajstić information content (AvgIpc) is 2.31. The van der Waals surface area contributed by atoms with Gasteiger partial charge in [0.25, 0.3) is 0 Å². The summed E-state index contributed by atoms with van der Waals surface area (Å²) < 4.78 is 8.06. The van der Waals surface area contributed by atoms with Gasteiger partial charge in [0.05, 0.1) is 8.95 Å². The summed E-state index contributed by atoms with van der Waals surface area (Å²) in [6.45, 7) is 4.36. The average molecular weight is 383 g/mol. The zero-order chi connectivity index (χ0) is 12.6. The first-order valence-electron chi connectivity index (χ1n) is 5.73. The van der Waals surface area contributed by atoms with E-state index >= 15 is 0 Å². The van der Waals surface area contributed by atoms with Gasteiger partial charge in [-0.15, -0.1) is 11.6 Å². The minimum Gasteiger partial charge on any atom is -0.487 e. The second-order valence-corrected chi connectivity index (χ2v) is 6.96. The molecule has 1 fully saturated rings. The Hall–Kier alpha value is 0.270. The number of halogens is 3. The van der Waals surface area contributed by atoms with Gasteiger partial charge < -0.3 is 4.74 Å². The zero-order valence-electron chi connectivity index (χ0n) is 9.84. The number of benzene rings is 1. The highest BCUT2D eigenvalue weighted by Gasteiger charge is 2.51. The predicted molar refractivity (Wildman–Crippen MR) is 78.9 cm³/mol. The van der Waals surface area contributed by atoms with Gasteiger partial charge in [-0.3, -0.25) is 0 Å². The van der Waals surface area contributed by atoms with Crippen molar-refractivity contribution in [2.75, 3.05) is 0 Å². The van der Waals surface area contributed by atoms with Crippen LogP contribution in [0.3, 0.4) is 0 Å². The van der Waals surface area contributed by atoms with Crippen molar-refractivity contribution in [3.05, 3.63) is 27.1 Å². The van der Waals surface area contributed by atoms with Crippen molar-refractivity contribution < 1.29 is 4.74 Å². The summed E-state index contributed by atoms with van der Waals surface area (Å²) in [5.74, 6) is 0.876. The summed E-state index contributed by atoms with van der Waals surface area (Å²) in [5, 5.41) is 0.221. The number of para-hydroxylation sites is 1. The molecule has 3 unspecified atom stereocenters. The van der Waals surface area contributed by atoms with E-state index in [2.05, 4.69) is 45.7 Å². The van der Waals surface area contributed by atoms with Crippen molar-refractivity contribution >= 4 is 43.5 Å². The summed E-state index contributed by atoms with van der Waals surface area (Å²) in [6.07, 6.45) is 2.15. The van der Waals surface area contributed by atoms with Crippen LogP contribution in [0, 0.1) is 5.41 Å². The number of hydrogen-bond acceptors (Lipinski definition) is 1. The molecule has 0 aliphatic heterocycles. The Morgan fingerprint density at radius 2 is 2.00 bits per heavy atom. The lowest BCUT2D eigenvalue weighted by molar-refractivity contribution is -0.0303. The Labute approximate surface area is 124 Å². The van der Waals surface area contributed by atoms with Crippen LogP contribution in [0.25, 0.3) is 0 Å². The van der Waals surface area contributed by atoms with Gasteiger partial charge in [0.1, 0.15) is 11.9 Å². The minimum atomic E-state index is 0.0796. The molecule has 3 atom stereocenters.